The van der Waals surface area contributed by atoms with Crippen molar-refractivity contribution in [1.29, 1.82) is 0 Å². The Bertz CT molecular complexity index is 1070. The van der Waals surface area contributed by atoms with Gasteiger partial charge in [-0.2, -0.15) is 0 Å². The second-order valence-electron chi connectivity index (χ2n) is 8.32. The van der Waals surface area contributed by atoms with Gasteiger partial charge >= 0.3 is 5.97 Å². The molecule has 2 aromatic rings. The Balaban J connectivity index is 1.89. The van der Waals surface area contributed by atoms with Gasteiger partial charge in [-0.25, -0.2) is 4.79 Å². The first-order valence-electron chi connectivity index (χ1n) is 10.3. The average molecular weight is 389 g/mol. The van der Waals surface area contributed by atoms with Crippen molar-refractivity contribution in [2.75, 3.05) is 7.11 Å². The highest BCUT2D eigenvalue weighted by molar-refractivity contribution is 6.00. The lowest BCUT2D eigenvalue weighted by Gasteiger charge is -2.24. The molecule has 0 N–H and O–H groups in total. The fourth-order valence-corrected chi connectivity index (χ4v) is 4.90. The van der Waals surface area contributed by atoms with E-state index in [9.17, 15) is 4.79 Å². The van der Waals surface area contributed by atoms with Gasteiger partial charge in [0.15, 0.2) is 0 Å². The van der Waals surface area contributed by atoms with Gasteiger partial charge in [-0.3, -0.25) is 0 Å². The molecule has 0 aromatic heterocycles. The molecule has 29 heavy (non-hydrogen) atoms. The zero-order valence-corrected chi connectivity index (χ0v) is 17.7. The Morgan fingerprint density at radius 2 is 2.00 bits per heavy atom. The van der Waals surface area contributed by atoms with Crippen LogP contribution in [0.25, 0.3) is 10.8 Å². The highest BCUT2D eigenvalue weighted by atomic mass is 16.5. The van der Waals surface area contributed by atoms with E-state index in [4.69, 9.17) is 9.47 Å². The van der Waals surface area contributed by atoms with Gasteiger partial charge in [0.2, 0.25) is 0 Å². The smallest absolute Gasteiger partial charge is 0.335 e. The fraction of sp³-hybridized carbons (Fsp3) is 0.346. The maximum atomic E-state index is 12.2. The van der Waals surface area contributed by atoms with Gasteiger partial charge in [0.05, 0.1) is 7.11 Å². The molecule has 2 aliphatic rings. The molecule has 2 unspecified atom stereocenters. The molecule has 0 spiro atoms. The SMILES string of the molecule is C=CC(=O)Oc1c2c(c(OC)c3cc(C)ccc13)C1C=C(CCC=C(C)C)C2C1. The number of methoxy groups -OCH3 is 1. The van der Waals surface area contributed by atoms with Gasteiger partial charge in [0, 0.05) is 39.8 Å². The molecule has 0 aliphatic heterocycles. The number of benzene rings is 2. The summed E-state index contributed by atoms with van der Waals surface area (Å²) < 4.78 is 11.8. The normalized spacial score (nSPS) is 19.0. The minimum Gasteiger partial charge on any atom is -0.496 e. The number of carbonyl (C=O) groups excluding carboxylic acids is 1. The van der Waals surface area contributed by atoms with Crippen molar-refractivity contribution < 1.29 is 14.3 Å². The van der Waals surface area contributed by atoms with E-state index in [0.29, 0.717) is 11.7 Å². The van der Waals surface area contributed by atoms with Crippen molar-refractivity contribution in [2.45, 2.75) is 51.9 Å². The van der Waals surface area contributed by atoms with Crippen molar-refractivity contribution in [1.82, 2.24) is 0 Å². The minimum atomic E-state index is -0.419. The van der Waals surface area contributed by atoms with Gasteiger partial charge in [-0.1, -0.05) is 47.6 Å². The molecule has 150 valence electrons. The van der Waals surface area contributed by atoms with Crippen molar-refractivity contribution in [3.05, 3.63) is 70.8 Å². The summed E-state index contributed by atoms with van der Waals surface area (Å²) in [4.78, 5) is 12.2. The van der Waals surface area contributed by atoms with Crippen molar-refractivity contribution in [3.8, 4) is 11.5 Å². The third-order valence-electron chi connectivity index (χ3n) is 6.07. The van der Waals surface area contributed by atoms with E-state index in [2.05, 4.69) is 51.6 Å². The van der Waals surface area contributed by atoms with Crippen LogP contribution in [0, 0.1) is 6.92 Å². The van der Waals surface area contributed by atoms with Gasteiger partial charge < -0.3 is 9.47 Å². The molecule has 3 heteroatoms. The molecule has 2 atom stereocenters. The Hall–Kier alpha value is -2.81. The molecule has 0 saturated heterocycles. The summed E-state index contributed by atoms with van der Waals surface area (Å²) in [6.07, 6.45) is 9.04. The van der Waals surface area contributed by atoms with E-state index in [1.807, 2.05) is 6.07 Å². The number of rotatable bonds is 6. The lowest BCUT2D eigenvalue weighted by atomic mass is 9.85. The first-order valence-corrected chi connectivity index (χ1v) is 10.3. The molecule has 0 saturated carbocycles. The lowest BCUT2D eigenvalue weighted by molar-refractivity contribution is -0.128. The van der Waals surface area contributed by atoms with Crippen LogP contribution in [0.1, 0.15) is 61.6 Å². The predicted octanol–water partition coefficient (Wildman–Crippen LogP) is 6.51. The standard InChI is InChI=1S/C26H28O3/c1-6-22(27)29-26-19-11-10-16(4)12-21(19)25(28-5)23-18-13-17(9-7-8-15(2)3)20(14-18)24(23)26/h6,8,10-13,18,20H,1,7,9,14H2,2-5H3. The summed E-state index contributed by atoms with van der Waals surface area (Å²) >= 11 is 0. The van der Waals surface area contributed by atoms with Gasteiger partial charge in [-0.15, -0.1) is 0 Å². The number of aryl methyl sites for hydroxylation is 1. The fourth-order valence-electron chi connectivity index (χ4n) is 4.90. The number of hydrogen-bond acceptors (Lipinski definition) is 3. The van der Waals surface area contributed by atoms with Crippen LogP contribution in [0.4, 0.5) is 0 Å². The quantitative estimate of drug-likeness (QED) is 0.245. The molecule has 4 rings (SSSR count). The Kier molecular flexibility index (Phi) is 5.08. The average Bonchev–Trinajstić information content (AvgIpc) is 3.26. The van der Waals surface area contributed by atoms with Crippen molar-refractivity contribution in [2.24, 2.45) is 0 Å². The van der Waals surface area contributed by atoms with Gasteiger partial charge in [0.25, 0.3) is 0 Å². The Morgan fingerprint density at radius 1 is 1.21 bits per heavy atom. The summed E-state index contributed by atoms with van der Waals surface area (Å²) in [6.45, 7) is 9.92. The van der Waals surface area contributed by atoms with Crippen LogP contribution >= 0.6 is 0 Å². The zero-order chi connectivity index (χ0) is 20.7. The predicted molar refractivity (Wildman–Crippen MR) is 118 cm³/mol. The number of ether oxygens (including phenoxy) is 2. The second kappa shape index (κ2) is 7.55. The monoisotopic (exact) mass is 388 g/mol. The molecule has 0 fully saturated rings. The minimum absolute atomic E-state index is 0.285. The van der Waals surface area contributed by atoms with Crippen LogP contribution in [0.2, 0.25) is 0 Å². The summed E-state index contributed by atoms with van der Waals surface area (Å²) in [5.74, 6) is 1.79. The van der Waals surface area contributed by atoms with E-state index >= 15 is 0 Å². The summed E-state index contributed by atoms with van der Waals surface area (Å²) in [7, 11) is 1.73. The number of fused-ring (bicyclic) bond motifs is 6. The Morgan fingerprint density at radius 3 is 2.69 bits per heavy atom. The van der Waals surface area contributed by atoms with E-state index in [1.165, 1.54) is 22.8 Å². The number of carbonyl (C=O) groups is 1. The molecule has 2 aromatic carbocycles. The zero-order valence-electron chi connectivity index (χ0n) is 17.7. The maximum Gasteiger partial charge on any atom is 0.335 e. The van der Waals surface area contributed by atoms with Crippen LogP contribution < -0.4 is 9.47 Å². The summed E-state index contributed by atoms with van der Waals surface area (Å²) in [6, 6.07) is 6.21. The van der Waals surface area contributed by atoms with Crippen LogP contribution in [-0.4, -0.2) is 13.1 Å². The molecule has 2 bridgehead atoms. The molecule has 3 nitrogen and oxygen atoms in total. The summed E-state index contributed by atoms with van der Waals surface area (Å²) in [5, 5.41) is 1.93. The maximum absolute atomic E-state index is 12.2. The molecular weight excluding hydrogens is 360 g/mol. The van der Waals surface area contributed by atoms with E-state index in [-0.39, 0.29) is 5.92 Å². The summed E-state index contributed by atoms with van der Waals surface area (Å²) in [5.41, 5.74) is 6.27. The third-order valence-corrected chi connectivity index (χ3v) is 6.07. The Labute approximate surface area is 172 Å². The third kappa shape index (κ3) is 3.29. The molecule has 2 aliphatic carbocycles. The second-order valence-corrected chi connectivity index (χ2v) is 8.32. The first-order chi connectivity index (χ1) is 13.9. The molecule has 0 heterocycles. The van der Waals surface area contributed by atoms with Crippen LogP contribution in [0.15, 0.2) is 54.2 Å². The van der Waals surface area contributed by atoms with Gasteiger partial charge in [0.1, 0.15) is 11.5 Å². The largest absolute Gasteiger partial charge is 0.496 e. The first kappa shape index (κ1) is 19.5. The number of hydrogen-bond donors (Lipinski definition) is 0. The van der Waals surface area contributed by atoms with E-state index < -0.39 is 5.97 Å². The van der Waals surface area contributed by atoms with Crippen molar-refractivity contribution in [3.63, 3.8) is 0 Å². The van der Waals surface area contributed by atoms with Crippen LogP contribution in [-0.2, 0) is 4.79 Å². The lowest BCUT2D eigenvalue weighted by Crippen LogP contribution is -2.11. The van der Waals surface area contributed by atoms with Crippen LogP contribution in [0.5, 0.6) is 11.5 Å². The number of allylic oxidation sites excluding steroid dienone is 4. The van der Waals surface area contributed by atoms with Gasteiger partial charge in [-0.05, 0) is 46.1 Å². The highest BCUT2D eigenvalue weighted by Gasteiger charge is 2.43. The molecule has 0 radical (unpaired) electrons. The van der Waals surface area contributed by atoms with E-state index in [0.717, 1.165) is 46.9 Å². The highest BCUT2D eigenvalue weighted by Crippen LogP contribution is 2.61. The topological polar surface area (TPSA) is 35.5 Å². The number of esters is 1. The van der Waals surface area contributed by atoms with E-state index in [1.54, 1.807) is 7.11 Å². The van der Waals surface area contributed by atoms with Crippen molar-refractivity contribution >= 4 is 16.7 Å². The van der Waals surface area contributed by atoms with Crippen LogP contribution in [0.3, 0.4) is 0 Å². The molecular formula is C26H28O3. The molecule has 0 amide bonds.